The third kappa shape index (κ3) is 2.32. The topological polar surface area (TPSA) is 86.0 Å². The molecule has 6 heteroatoms. The summed E-state index contributed by atoms with van der Waals surface area (Å²) >= 11 is 0. The van der Waals surface area contributed by atoms with Crippen molar-refractivity contribution < 1.29 is 9.47 Å². The summed E-state index contributed by atoms with van der Waals surface area (Å²) < 4.78 is 11.8. The predicted molar refractivity (Wildman–Crippen MR) is 103 cm³/mol. The van der Waals surface area contributed by atoms with Gasteiger partial charge in [0.1, 0.15) is 5.75 Å². The van der Waals surface area contributed by atoms with Crippen molar-refractivity contribution in [1.29, 1.82) is 0 Å². The van der Waals surface area contributed by atoms with Gasteiger partial charge in [-0.05, 0) is 44.2 Å². The van der Waals surface area contributed by atoms with E-state index in [2.05, 4.69) is 16.3 Å². The van der Waals surface area contributed by atoms with Crippen LogP contribution in [0.2, 0.25) is 0 Å². The molecule has 1 unspecified atom stereocenters. The molecule has 2 aliphatic rings. The van der Waals surface area contributed by atoms with Crippen molar-refractivity contribution in [2.75, 3.05) is 12.8 Å². The number of ether oxygens (including phenoxy) is 2. The lowest BCUT2D eigenvalue weighted by Crippen LogP contribution is -2.20. The average molecular weight is 362 g/mol. The standard InChI is InChI=1S/C21H22N4O2/c1-11-16-17(13-8-4-6-10-15(13)26-2)18-19(22)12-7-3-5-9-14(12)23-20(18)27-21(16)25-24-11/h4,6,8,10,17H,3,5,7,9H2,1-2H3,(H2,22,23)(H,24,25). The maximum atomic E-state index is 6.73. The highest BCUT2D eigenvalue weighted by Gasteiger charge is 2.38. The Balaban J connectivity index is 1.82. The fourth-order valence-corrected chi connectivity index (χ4v) is 4.41. The van der Waals surface area contributed by atoms with Gasteiger partial charge in [0.2, 0.25) is 11.8 Å². The fourth-order valence-electron chi connectivity index (χ4n) is 4.41. The van der Waals surface area contributed by atoms with Crippen LogP contribution in [0.5, 0.6) is 17.5 Å². The maximum absolute atomic E-state index is 6.73. The Morgan fingerprint density at radius 3 is 2.81 bits per heavy atom. The van der Waals surface area contributed by atoms with Crippen LogP contribution in [0.1, 0.15) is 52.4 Å². The lowest BCUT2D eigenvalue weighted by molar-refractivity contribution is 0.399. The summed E-state index contributed by atoms with van der Waals surface area (Å²) in [4.78, 5) is 4.86. The Morgan fingerprint density at radius 1 is 1.15 bits per heavy atom. The van der Waals surface area contributed by atoms with Gasteiger partial charge in [0, 0.05) is 28.2 Å². The van der Waals surface area contributed by atoms with Gasteiger partial charge in [0.15, 0.2) is 0 Å². The van der Waals surface area contributed by atoms with Crippen LogP contribution in [-0.2, 0) is 12.8 Å². The van der Waals surface area contributed by atoms with Gasteiger partial charge in [0.25, 0.3) is 0 Å². The normalized spacial score (nSPS) is 17.5. The number of nitrogens with zero attached hydrogens (tertiary/aromatic N) is 2. The summed E-state index contributed by atoms with van der Waals surface area (Å²) in [6.45, 7) is 2.00. The molecule has 138 valence electrons. The van der Waals surface area contributed by atoms with E-state index in [0.29, 0.717) is 11.8 Å². The van der Waals surface area contributed by atoms with Crippen LogP contribution in [0.4, 0.5) is 5.69 Å². The molecule has 3 heterocycles. The van der Waals surface area contributed by atoms with Crippen molar-refractivity contribution in [3.8, 4) is 17.5 Å². The highest BCUT2D eigenvalue weighted by molar-refractivity contribution is 5.69. The maximum Gasteiger partial charge on any atom is 0.244 e. The number of methoxy groups -OCH3 is 1. The van der Waals surface area contributed by atoms with Crippen LogP contribution in [0.25, 0.3) is 0 Å². The number of hydrogen-bond donors (Lipinski definition) is 2. The van der Waals surface area contributed by atoms with Crippen LogP contribution in [0.15, 0.2) is 24.3 Å². The van der Waals surface area contributed by atoms with Crippen molar-refractivity contribution in [3.05, 3.63) is 57.9 Å². The van der Waals surface area contributed by atoms with Gasteiger partial charge in [0.05, 0.1) is 18.6 Å². The van der Waals surface area contributed by atoms with E-state index in [9.17, 15) is 0 Å². The zero-order valence-corrected chi connectivity index (χ0v) is 15.5. The van der Waals surface area contributed by atoms with E-state index in [1.165, 1.54) is 5.56 Å². The molecule has 0 saturated heterocycles. The number of rotatable bonds is 2. The molecular formula is C21H22N4O2. The molecular weight excluding hydrogens is 340 g/mol. The van der Waals surface area contributed by atoms with E-state index < -0.39 is 0 Å². The number of aromatic amines is 1. The first-order valence-corrected chi connectivity index (χ1v) is 9.35. The first-order chi connectivity index (χ1) is 13.2. The number of H-pyrrole nitrogens is 1. The highest BCUT2D eigenvalue weighted by Crippen LogP contribution is 2.52. The number of aryl methyl sites for hydroxylation is 2. The molecule has 27 heavy (non-hydrogen) atoms. The van der Waals surface area contributed by atoms with Crippen molar-refractivity contribution in [2.24, 2.45) is 0 Å². The molecule has 0 saturated carbocycles. The molecule has 0 spiro atoms. The number of hydrogen-bond acceptors (Lipinski definition) is 5. The van der Waals surface area contributed by atoms with Crippen LogP contribution in [0.3, 0.4) is 0 Å². The Bertz CT molecular complexity index is 1040. The number of aromatic nitrogens is 3. The molecule has 6 nitrogen and oxygen atoms in total. The zero-order valence-electron chi connectivity index (χ0n) is 15.5. The molecule has 1 aliphatic carbocycles. The molecule has 0 radical (unpaired) electrons. The molecule has 3 aromatic rings. The largest absolute Gasteiger partial charge is 0.496 e. The minimum absolute atomic E-state index is 0.127. The summed E-state index contributed by atoms with van der Waals surface area (Å²) in [7, 11) is 1.69. The van der Waals surface area contributed by atoms with Crippen molar-refractivity contribution in [2.45, 2.75) is 38.5 Å². The second-order valence-corrected chi connectivity index (χ2v) is 7.22. The lowest BCUT2D eigenvalue weighted by Gasteiger charge is -2.30. The van der Waals surface area contributed by atoms with Gasteiger partial charge < -0.3 is 15.2 Å². The van der Waals surface area contributed by atoms with Gasteiger partial charge in [-0.25, -0.2) is 4.98 Å². The number of benzene rings is 1. The monoisotopic (exact) mass is 362 g/mol. The second-order valence-electron chi connectivity index (χ2n) is 7.22. The summed E-state index contributed by atoms with van der Waals surface area (Å²) in [5.41, 5.74) is 13.7. The molecule has 2 aromatic heterocycles. The SMILES string of the molecule is COc1ccccc1C1c2c(n[nH]c2C)Oc2nc3c(c(N)c21)CCCC3. The minimum Gasteiger partial charge on any atom is -0.496 e. The van der Waals surface area contributed by atoms with Crippen molar-refractivity contribution in [3.63, 3.8) is 0 Å². The average Bonchev–Trinajstić information content (AvgIpc) is 3.07. The summed E-state index contributed by atoms with van der Waals surface area (Å²) in [5, 5.41) is 7.42. The Labute approximate surface area is 157 Å². The number of nitrogen functional groups attached to an aromatic ring is 1. The van der Waals surface area contributed by atoms with E-state index in [-0.39, 0.29) is 5.92 Å². The lowest BCUT2D eigenvalue weighted by atomic mass is 9.80. The van der Waals surface area contributed by atoms with Gasteiger partial charge in [-0.2, -0.15) is 0 Å². The van der Waals surface area contributed by atoms with Crippen LogP contribution in [0, 0.1) is 6.92 Å². The first-order valence-electron chi connectivity index (χ1n) is 9.35. The number of fused-ring (bicyclic) bond motifs is 3. The van der Waals surface area contributed by atoms with Crippen molar-refractivity contribution >= 4 is 5.69 Å². The Kier molecular flexibility index (Phi) is 3.60. The Morgan fingerprint density at radius 2 is 1.96 bits per heavy atom. The summed E-state index contributed by atoms with van der Waals surface area (Å²) in [6, 6.07) is 8.04. The van der Waals surface area contributed by atoms with Gasteiger partial charge >= 0.3 is 0 Å². The van der Waals surface area contributed by atoms with Gasteiger partial charge in [-0.1, -0.05) is 18.2 Å². The second kappa shape index (κ2) is 6.01. The molecule has 0 fully saturated rings. The van der Waals surface area contributed by atoms with E-state index in [4.69, 9.17) is 20.2 Å². The third-order valence-electron chi connectivity index (χ3n) is 5.70. The minimum atomic E-state index is -0.127. The van der Waals surface area contributed by atoms with Crippen LogP contribution < -0.4 is 15.2 Å². The number of anilines is 1. The molecule has 0 amide bonds. The Hall–Kier alpha value is -3.02. The first kappa shape index (κ1) is 16.2. The number of nitrogens with one attached hydrogen (secondary N) is 1. The molecule has 1 atom stereocenters. The fraction of sp³-hybridized carbons (Fsp3) is 0.333. The summed E-state index contributed by atoms with van der Waals surface area (Å²) in [5.74, 6) is 1.83. The smallest absolute Gasteiger partial charge is 0.244 e. The molecule has 0 bridgehead atoms. The highest BCUT2D eigenvalue weighted by atomic mass is 16.5. The number of pyridine rings is 1. The molecule has 5 rings (SSSR count). The van der Waals surface area contributed by atoms with Gasteiger partial charge in [-0.3, -0.25) is 5.10 Å². The third-order valence-corrected chi connectivity index (χ3v) is 5.70. The van der Waals surface area contributed by atoms with Crippen LogP contribution >= 0.6 is 0 Å². The quantitative estimate of drug-likeness (QED) is 0.565. The molecule has 1 aliphatic heterocycles. The zero-order chi connectivity index (χ0) is 18.5. The number of nitrogens with two attached hydrogens (primary N) is 1. The van der Waals surface area contributed by atoms with E-state index in [0.717, 1.165) is 65.2 Å². The van der Waals surface area contributed by atoms with E-state index in [1.54, 1.807) is 7.11 Å². The van der Waals surface area contributed by atoms with Gasteiger partial charge in [-0.15, -0.1) is 5.10 Å². The summed E-state index contributed by atoms with van der Waals surface area (Å²) in [6.07, 6.45) is 4.20. The number of para-hydroxylation sites is 1. The molecule has 3 N–H and O–H groups in total. The van der Waals surface area contributed by atoms with Crippen molar-refractivity contribution in [1.82, 2.24) is 15.2 Å². The predicted octanol–water partition coefficient (Wildman–Crippen LogP) is 3.87. The van der Waals surface area contributed by atoms with Crippen LogP contribution in [-0.4, -0.2) is 22.3 Å². The molecule has 1 aromatic carbocycles. The van der Waals surface area contributed by atoms with E-state index >= 15 is 0 Å². The van der Waals surface area contributed by atoms with E-state index in [1.807, 2.05) is 25.1 Å².